The molecule has 2 nitrogen and oxygen atoms in total. The number of benzene rings is 1. The van der Waals surface area contributed by atoms with E-state index in [1.165, 1.54) is 0 Å². The molecule has 0 saturated carbocycles. The summed E-state index contributed by atoms with van der Waals surface area (Å²) in [5, 5.41) is 8.84. The van der Waals surface area contributed by atoms with Gasteiger partial charge in [-0.05, 0) is 18.2 Å². The van der Waals surface area contributed by atoms with Gasteiger partial charge in [0.05, 0.1) is 12.7 Å². The molecule has 1 aromatic carbocycles. The number of thioether (sulfide) groups is 1. The van der Waals surface area contributed by atoms with Crippen LogP contribution in [0.1, 0.15) is 5.56 Å². The van der Waals surface area contributed by atoms with Gasteiger partial charge in [-0.2, -0.15) is 5.26 Å². The van der Waals surface area contributed by atoms with Gasteiger partial charge < -0.3 is 4.74 Å². The van der Waals surface area contributed by atoms with Crippen LogP contribution in [-0.4, -0.2) is 18.7 Å². The molecule has 0 bridgehead atoms. The average Bonchev–Trinajstić information content (AvgIpc) is 2.25. The van der Waals surface area contributed by atoms with Crippen LogP contribution < -0.4 is 4.74 Å². The molecule has 0 aliphatic carbocycles. The Bertz CT molecular complexity index is 348. The molecule has 0 saturated heterocycles. The number of alkyl halides is 1. The molecular formula is C10H10ClNOS. The van der Waals surface area contributed by atoms with Crippen molar-refractivity contribution in [2.75, 3.05) is 18.7 Å². The number of nitriles is 1. The monoisotopic (exact) mass is 227 g/mol. The second kappa shape index (κ2) is 5.79. The number of halogens is 1. The minimum Gasteiger partial charge on any atom is -0.497 e. The van der Waals surface area contributed by atoms with E-state index in [0.717, 1.165) is 16.4 Å². The fraction of sp³-hybridized carbons (Fsp3) is 0.300. The van der Waals surface area contributed by atoms with Crippen LogP contribution in [-0.2, 0) is 0 Å². The van der Waals surface area contributed by atoms with Crippen molar-refractivity contribution in [1.29, 1.82) is 5.26 Å². The number of methoxy groups -OCH3 is 1. The average molecular weight is 228 g/mol. The molecule has 0 N–H and O–H groups in total. The largest absolute Gasteiger partial charge is 0.497 e. The molecule has 4 heteroatoms. The summed E-state index contributed by atoms with van der Waals surface area (Å²) in [5.74, 6) is 2.14. The first kappa shape index (κ1) is 11.2. The van der Waals surface area contributed by atoms with E-state index in [9.17, 15) is 0 Å². The third-order valence-electron chi connectivity index (χ3n) is 1.64. The van der Waals surface area contributed by atoms with E-state index in [-0.39, 0.29) is 0 Å². The van der Waals surface area contributed by atoms with Crippen LogP contribution in [0.3, 0.4) is 0 Å². The highest BCUT2D eigenvalue weighted by atomic mass is 35.5. The summed E-state index contributed by atoms with van der Waals surface area (Å²) < 4.78 is 5.08. The molecule has 0 fully saturated rings. The molecule has 0 unspecified atom stereocenters. The predicted molar refractivity (Wildman–Crippen MR) is 59.2 cm³/mol. The van der Waals surface area contributed by atoms with Gasteiger partial charge >= 0.3 is 0 Å². The molecule has 0 radical (unpaired) electrons. The van der Waals surface area contributed by atoms with Crippen molar-refractivity contribution in [1.82, 2.24) is 0 Å². The summed E-state index contributed by atoms with van der Waals surface area (Å²) in [6.07, 6.45) is 0. The summed E-state index contributed by atoms with van der Waals surface area (Å²) in [5.41, 5.74) is 0.668. The van der Waals surface area contributed by atoms with E-state index in [2.05, 4.69) is 6.07 Å². The number of nitrogens with zero attached hydrogens (tertiary/aromatic N) is 1. The van der Waals surface area contributed by atoms with Crippen molar-refractivity contribution in [3.05, 3.63) is 23.8 Å². The Labute approximate surface area is 92.8 Å². The lowest BCUT2D eigenvalue weighted by Crippen LogP contribution is -1.88. The Morgan fingerprint density at radius 3 is 2.93 bits per heavy atom. The van der Waals surface area contributed by atoms with E-state index in [1.807, 2.05) is 6.07 Å². The molecule has 1 aromatic rings. The van der Waals surface area contributed by atoms with E-state index in [1.54, 1.807) is 31.0 Å². The van der Waals surface area contributed by atoms with Gasteiger partial charge in [-0.25, -0.2) is 0 Å². The lowest BCUT2D eigenvalue weighted by atomic mass is 10.2. The molecular weight excluding hydrogens is 218 g/mol. The van der Waals surface area contributed by atoms with Crippen LogP contribution in [0.4, 0.5) is 0 Å². The summed E-state index contributed by atoms with van der Waals surface area (Å²) in [6.45, 7) is 0. The highest BCUT2D eigenvalue weighted by Crippen LogP contribution is 2.26. The van der Waals surface area contributed by atoms with Crippen molar-refractivity contribution >= 4 is 23.4 Å². The molecule has 14 heavy (non-hydrogen) atoms. The van der Waals surface area contributed by atoms with Crippen LogP contribution in [0.25, 0.3) is 0 Å². The smallest absolute Gasteiger partial charge is 0.120 e. The van der Waals surface area contributed by atoms with Gasteiger partial charge in [-0.3, -0.25) is 0 Å². The van der Waals surface area contributed by atoms with Gasteiger partial charge in [-0.1, -0.05) is 0 Å². The summed E-state index contributed by atoms with van der Waals surface area (Å²) in [4.78, 5) is 0.924. The zero-order valence-corrected chi connectivity index (χ0v) is 9.36. The zero-order valence-electron chi connectivity index (χ0n) is 7.79. The van der Waals surface area contributed by atoms with E-state index >= 15 is 0 Å². The molecule has 0 aliphatic heterocycles. The van der Waals surface area contributed by atoms with Crippen molar-refractivity contribution in [2.45, 2.75) is 4.90 Å². The molecule has 0 atom stereocenters. The highest BCUT2D eigenvalue weighted by molar-refractivity contribution is 7.99. The number of rotatable bonds is 4. The standard InChI is InChI=1S/C10H10ClNOS/c1-13-9-3-2-8(7-12)10(6-9)14-5-4-11/h2-3,6H,4-5H2,1H3. The number of hydrogen-bond acceptors (Lipinski definition) is 3. The maximum absolute atomic E-state index is 8.84. The number of hydrogen-bond donors (Lipinski definition) is 0. The van der Waals surface area contributed by atoms with Crippen LogP contribution in [0.15, 0.2) is 23.1 Å². The van der Waals surface area contributed by atoms with Crippen molar-refractivity contribution in [2.24, 2.45) is 0 Å². The second-order valence-corrected chi connectivity index (χ2v) is 4.03. The normalized spacial score (nSPS) is 9.50. The lowest BCUT2D eigenvalue weighted by molar-refractivity contribution is 0.413. The minimum absolute atomic E-state index is 0.576. The third kappa shape index (κ3) is 2.83. The summed E-state index contributed by atoms with van der Waals surface area (Å²) in [6, 6.07) is 7.53. The Kier molecular flexibility index (Phi) is 4.64. The predicted octanol–water partition coefficient (Wildman–Crippen LogP) is 2.90. The van der Waals surface area contributed by atoms with Gasteiger partial charge in [0.25, 0.3) is 0 Å². The first-order valence-electron chi connectivity index (χ1n) is 4.08. The Morgan fingerprint density at radius 2 is 2.36 bits per heavy atom. The molecule has 0 aromatic heterocycles. The maximum Gasteiger partial charge on any atom is 0.120 e. The van der Waals surface area contributed by atoms with Gasteiger partial charge in [0, 0.05) is 16.5 Å². The first-order chi connectivity index (χ1) is 6.81. The second-order valence-electron chi connectivity index (χ2n) is 2.51. The first-order valence-corrected chi connectivity index (χ1v) is 5.60. The fourth-order valence-corrected chi connectivity index (χ4v) is 1.99. The Balaban J connectivity index is 2.91. The van der Waals surface area contributed by atoms with E-state index in [4.69, 9.17) is 21.6 Å². The fourth-order valence-electron chi connectivity index (χ4n) is 0.990. The highest BCUT2D eigenvalue weighted by Gasteiger charge is 2.03. The number of ether oxygens (including phenoxy) is 1. The molecule has 0 spiro atoms. The Morgan fingerprint density at radius 1 is 1.57 bits per heavy atom. The van der Waals surface area contributed by atoms with Crippen molar-refractivity contribution in [3.63, 3.8) is 0 Å². The van der Waals surface area contributed by atoms with Crippen molar-refractivity contribution < 1.29 is 4.74 Å². The molecule has 0 heterocycles. The van der Waals surface area contributed by atoms with Crippen LogP contribution in [0, 0.1) is 11.3 Å². The van der Waals surface area contributed by atoms with Crippen LogP contribution in [0.5, 0.6) is 5.75 Å². The summed E-state index contributed by atoms with van der Waals surface area (Å²) >= 11 is 7.15. The molecule has 0 aliphatic rings. The van der Waals surface area contributed by atoms with Gasteiger partial charge in [0.1, 0.15) is 11.8 Å². The Hall–Kier alpha value is -0.850. The molecule has 0 amide bonds. The summed E-state index contributed by atoms with van der Waals surface area (Å²) in [7, 11) is 1.61. The maximum atomic E-state index is 8.84. The molecule has 74 valence electrons. The van der Waals surface area contributed by atoms with E-state index < -0.39 is 0 Å². The van der Waals surface area contributed by atoms with Crippen LogP contribution in [0.2, 0.25) is 0 Å². The third-order valence-corrected chi connectivity index (χ3v) is 3.11. The topological polar surface area (TPSA) is 33.0 Å². The SMILES string of the molecule is COc1ccc(C#N)c(SCCCl)c1. The lowest BCUT2D eigenvalue weighted by Gasteiger charge is -2.05. The van der Waals surface area contributed by atoms with Crippen LogP contribution >= 0.6 is 23.4 Å². The van der Waals surface area contributed by atoms with Gasteiger partial charge in [0.2, 0.25) is 0 Å². The minimum atomic E-state index is 0.576. The van der Waals surface area contributed by atoms with Gasteiger partial charge in [0.15, 0.2) is 0 Å². The van der Waals surface area contributed by atoms with Crippen molar-refractivity contribution in [3.8, 4) is 11.8 Å². The quantitative estimate of drug-likeness (QED) is 0.586. The van der Waals surface area contributed by atoms with Gasteiger partial charge in [-0.15, -0.1) is 23.4 Å². The zero-order chi connectivity index (χ0) is 10.4. The molecule has 1 rings (SSSR count). The van der Waals surface area contributed by atoms with E-state index in [0.29, 0.717) is 11.4 Å².